The molecular weight excluding hydrogens is 491 g/mol. The molecule has 2 aliphatic heterocycles. The van der Waals surface area contributed by atoms with Crippen LogP contribution in [0.4, 0.5) is 17.3 Å². The molecule has 10 heteroatoms. The molecule has 2 N–H and O–H groups in total. The summed E-state index contributed by atoms with van der Waals surface area (Å²) in [7, 11) is 1.39. The number of aliphatic hydroxyl groups is 1. The van der Waals surface area contributed by atoms with Crippen molar-refractivity contribution in [1.82, 2.24) is 9.97 Å². The maximum atomic E-state index is 11.2. The fourth-order valence-electron chi connectivity index (χ4n) is 5.52. The van der Waals surface area contributed by atoms with Crippen molar-refractivity contribution in [3.8, 4) is 23.4 Å². The van der Waals surface area contributed by atoms with Gasteiger partial charge in [0.25, 0.3) is 0 Å². The number of carbonyl (C=O) groups is 1. The van der Waals surface area contributed by atoms with Crippen LogP contribution < -0.4 is 10.1 Å². The third-order valence-electron chi connectivity index (χ3n) is 7.65. The van der Waals surface area contributed by atoms with Gasteiger partial charge in [-0.2, -0.15) is 10.5 Å². The molecule has 0 saturated carbocycles. The van der Waals surface area contributed by atoms with E-state index in [4.69, 9.17) is 9.72 Å². The summed E-state index contributed by atoms with van der Waals surface area (Å²) >= 11 is 0. The first-order chi connectivity index (χ1) is 18.9. The Morgan fingerprint density at radius 3 is 2.69 bits per heavy atom. The second-order valence-electron chi connectivity index (χ2n) is 10.3. The Bertz CT molecular complexity index is 1510. The topological polar surface area (TPSA) is 135 Å². The molecule has 1 fully saturated rings. The number of nitrogens with zero attached hydrogens (tertiary/aromatic N) is 5. The number of carbonyl (C=O) groups excluding carboxylic acids is 1. The van der Waals surface area contributed by atoms with Gasteiger partial charge in [0, 0.05) is 48.3 Å². The molecule has 3 heterocycles. The smallest absolute Gasteiger partial charge is 0.329 e. The third-order valence-corrected chi connectivity index (χ3v) is 7.65. The summed E-state index contributed by atoms with van der Waals surface area (Å²) in [6, 6.07) is 13.9. The Morgan fingerprint density at radius 1 is 1.23 bits per heavy atom. The first-order valence-corrected chi connectivity index (χ1v) is 12.9. The molecule has 0 bridgehead atoms. The average molecular weight is 519 g/mol. The summed E-state index contributed by atoms with van der Waals surface area (Å²) in [6.07, 6.45) is 4.12. The molecule has 0 unspecified atom stereocenters. The van der Waals surface area contributed by atoms with E-state index in [0.29, 0.717) is 65.9 Å². The van der Waals surface area contributed by atoms with Gasteiger partial charge in [0.05, 0.1) is 29.5 Å². The second-order valence-corrected chi connectivity index (χ2v) is 10.3. The van der Waals surface area contributed by atoms with Gasteiger partial charge < -0.3 is 24.8 Å². The van der Waals surface area contributed by atoms with Crippen LogP contribution in [0.25, 0.3) is 11.3 Å². The summed E-state index contributed by atoms with van der Waals surface area (Å²) < 4.78 is 5.49. The van der Waals surface area contributed by atoms with E-state index in [-0.39, 0.29) is 6.61 Å². The summed E-state index contributed by atoms with van der Waals surface area (Å²) in [5.74, 6) is 0.665. The summed E-state index contributed by atoms with van der Waals surface area (Å²) in [6.45, 7) is 5.55. The van der Waals surface area contributed by atoms with Crippen molar-refractivity contribution >= 4 is 30.9 Å². The number of anilines is 3. The molecule has 1 aromatic heterocycles. The minimum absolute atomic E-state index is 0.140. The predicted octanol–water partition coefficient (Wildman–Crippen LogP) is 3.71. The van der Waals surface area contributed by atoms with Crippen LogP contribution in [0.2, 0.25) is 0 Å². The number of rotatable bonds is 7. The van der Waals surface area contributed by atoms with Crippen LogP contribution in [-0.4, -0.2) is 55.0 Å². The molecule has 39 heavy (non-hydrogen) atoms. The fraction of sp³-hybridized carbons (Fsp3) is 0.345. The highest BCUT2D eigenvalue weighted by Gasteiger charge is 2.40. The largest absolute Gasteiger partial charge is 0.410 e. The quantitative estimate of drug-likeness (QED) is 0.354. The Labute approximate surface area is 228 Å². The molecular formula is C29H28BN6O3. The molecule has 3 aromatic rings. The first-order valence-electron chi connectivity index (χ1n) is 12.9. The normalized spacial score (nSPS) is 18.6. The van der Waals surface area contributed by atoms with Crippen LogP contribution in [0, 0.1) is 29.6 Å². The monoisotopic (exact) mass is 519 g/mol. The average Bonchev–Trinajstić information content (AvgIpc) is 3.26. The molecule has 5 rings (SSSR count). The van der Waals surface area contributed by atoms with Gasteiger partial charge in [0.15, 0.2) is 0 Å². The van der Waals surface area contributed by atoms with Crippen LogP contribution in [0.3, 0.4) is 0 Å². The number of nitrogens with one attached hydrogen (secondary N) is 1. The van der Waals surface area contributed by atoms with Gasteiger partial charge in [0.1, 0.15) is 12.3 Å². The highest BCUT2D eigenvalue weighted by molar-refractivity contribution is 6.70. The number of fused-ring (bicyclic) bond motifs is 1. The number of nitriles is 2. The van der Waals surface area contributed by atoms with Crippen molar-refractivity contribution in [3.05, 3.63) is 64.3 Å². The minimum Gasteiger partial charge on any atom is -0.410 e. The zero-order valence-electron chi connectivity index (χ0n) is 21.9. The van der Waals surface area contributed by atoms with E-state index < -0.39 is 5.41 Å². The molecule has 195 valence electrons. The molecule has 2 aliphatic rings. The number of aromatic nitrogens is 2. The molecule has 2 aromatic carbocycles. The zero-order chi connectivity index (χ0) is 27.6. The molecule has 0 aliphatic carbocycles. The lowest BCUT2D eigenvalue weighted by Crippen LogP contribution is -2.36. The van der Waals surface area contributed by atoms with Crippen LogP contribution in [0.15, 0.2) is 36.5 Å². The van der Waals surface area contributed by atoms with E-state index in [2.05, 4.69) is 28.5 Å². The standard InChI is InChI=1S/C29H28BN6O3/c1-18-9-23(19-4-7-39-8-5-19)21(13-31)12-26(18)35-28-33-6-3-25(34-28)20-10-22(14-32)27-24(11-20)29(2,16-37)15-36(27)30-17-38/h3,6,9-12,17,19,37H,4-5,7-8,15-16H2,1-2H3,(H,33,34,35)/t29-/m1/s1. The maximum absolute atomic E-state index is 11.2. The SMILES string of the molecule is Cc1cc(C2CCOCC2)c(C#N)cc1Nc1nccc(-c2cc(C#N)c3c(c2)[C@@](C)(CO)CN3[B]C=O)n1. The number of hydrogen-bond donors (Lipinski definition) is 2. The Morgan fingerprint density at radius 2 is 2.00 bits per heavy atom. The van der Waals surface area contributed by atoms with E-state index in [1.165, 1.54) is 7.41 Å². The van der Waals surface area contributed by atoms with Crippen LogP contribution in [0.1, 0.15) is 53.5 Å². The molecule has 0 amide bonds. The minimum atomic E-state index is -0.651. The number of hydrogen-bond acceptors (Lipinski definition) is 9. The van der Waals surface area contributed by atoms with Crippen molar-refractivity contribution in [1.29, 1.82) is 10.5 Å². The lowest BCUT2D eigenvalue weighted by atomic mass is 9.83. The van der Waals surface area contributed by atoms with Gasteiger partial charge in [-0.25, -0.2) is 9.97 Å². The van der Waals surface area contributed by atoms with Crippen LogP contribution >= 0.6 is 0 Å². The third kappa shape index (κ3) is 4.97. The molecule has 9 nitrogen and oxygen atoms in total. The van der Waals surface area contributed by atoms with Crippen molar-refractivity contribution < 1.29 is 14.6 Å². The van der Waals surface area contributed by atoms with E-state index in [9.17, 15) is 20.4 Å². The number of benzene rings is 2. The highest BCUT2D eigenvalue weighted by Crippen LogP contribution is 2.44. The number of ether oxygens (including phenoxy) is 1. The van der Waals surface area contributed by atoms with Crippen LogP contribution in [-0.2, 0) is 14.9 Å². The van der Waals surface area contributed by atoms with E-state index >= 15 is 0 Å². The first kappa shape index (κ1) is 26.4. The van der Waals surface area contributed by atoms with Crippen molar-refractivity contribution in [3.63, 3.8) is 0 Å². The van der Waals surface area contributed by atoms with Crippen molar-refractivity contribution in [2.24, 2.45) is 0 Å². The van der Waals surface area contributed by atoms with Crippen LogP contribution in [0.5, 0.6) is 0 Å². The summed E-state index contributed by atoms with van der Waals surface area (Å²) in [5, 5.41) is 33.2. The predicted molar refractivity (Wildman–Crippen MR) is 148 cm³/mol. The summed E-state index contributed by atoms with van der Waals surface area (Å²) in [5.41, 5.74) is 5.86. The second kappa shape index (κ2) is 10.9. The van der Waals surface area contributed by atoms with Gasteiger partial charge in [-0.1, -0.05) is 13.0 Å². The number of aliphatic hydroxyl groups excluding tert-OH is 1. The lowest BCUT2D eigenvalue weighted by molar-refractivity contribution is 0.0853. The summed E-state index contributed by atoms with van der Waals surface area (Å²) in [4.78, 5) is 22.0. The Hall–Kier alpha value is -4.25. The lowest BCUT2D eigenvalue weighted by Gasteiger charge is -2.24. The van der Waals surface area contributed by atoms with Gasteiger partial charge in [-0.05, 0) is 66.6 Å². The van der Waals surface area contributed by atoms with E-state index in [0.717, 1.165) is 35.2 Å². The number of aryl methyl sites for hydroxylation is 1. The maximum Gasteiger partial charge on any atom is 0.329 e. The molecule has 1 atom stereocenters. The molecule has 1 saturated heterocycles. The van der Waals surface area contributed by atoms with Gasteiger partial charge in [0.2, 0.25) is 5.95 Å². The molecule has 0 spiro atoms. The van der Waals surface area contributed by atoms with Gasteiger partial charge in [-0.15, -0.1) is 0 Å². The van der Waals surface area contributed by atoms with Gasteiger partial charge in [-0.3, -0.25) is 0 Å². The van der Waals surface area contributed by atoms with E-state index in [1.807, 2.05) is 26.0 Å². The Balaban J connectivity index is 1.49. The fourth-order valence-corrected chi connectivity index (χ4v) is 5.52. The van der Waals surface area contributed by atoms with Gasteiger partial charge >= 0.3 is 7.41 Å². The Kier molecular flexibility index (Phi) is 7.34. The molecule has 1 radical (unpaired) electrons. The highest BCUT2D eigenvalue weighted by atomic mass is 16.5. The van der Waals surface area contributed by atoms with E-state index in [1.54, 1.807) is 23.1 Å². The zero-order valence-corrected chi connectivity index (χ0v) is 21.9. The van der Waals surface area contributed by atoms with Crippen molar-refractivity contribution in [2.45, 2.75) is 38.0 Å². The van der Waals surface area contributed by atoms with Crippen molar-refractivity contribution in [2.75, 3.05) is 36.5 Å².